The molecule has 154 valence electrons. The minimum atomic E-state index is -0.280. The molecule has 3 aromatic rings. The Labute approximate surface area is 188 Å². The highest BCUT2D eigenvalue weighted by Crippen LogP contribution is 2.69. The number of hydrogen-bond acceptors (Lipinski definition) is 3. The van der Waals surface area contributed by atoms with Gasteiger partial charge in [-0.1, -0.05) is 92.1 Å². The predicted octanol–water partition coefficient (Wildman–Crippen LogP) is 7.26. The van der Waals surface area contributed by atoms with Crippen molar-refractivity contribution in [3.63, 3.8) is 0 Å². The summed E-state index contributed by atoms with van der Waals surface area (Å²) in [4.78, 5) is -0.277. The van der Waals surface area contributed by atoms with E-state index in [-0.39, 0.29) is 10.3 Å². The van der Waals surface area contributed by atoms with Gasteiger partial charge in [0, 0.05) is 5.92 Å². The van der Waals surface area contributed by atoms with E-state index in [4.69, 9.17) is 10.2 Å². The molecule has 1 atom stereocenters. The molecule has 0 aromatic heterocycles. The van der Waals surface area contributed by atoms with E-state index >= 15 is 0 Å². The molecule has 1 aliphatic heterocycles. The molecular weight excluding hydrogens is 396 g/mol. The number of hydrogen-bond donors (Lipinski definition) is 0. The normalized spacial score (nSPS) is 30.6. The molecule has 2 nitrogen and oxygen atoms in total. The van der Waals surface area contributed by atoms with E-state index in [9.17, 15) is 0 Å². The quantitative estimate of drug-likeness (QED) is 0.426. The average molecular weight is 423 g/mol. The van der Waals surface area contributed by atoms with Gasteiger partial charge in [0.25, 0.3) is 0 Å². The number of rotatable bonds is 2. The summed E-state index contributed by atoms with van der Waals surface area (Å²) >= 11 is 2.01. The Morgan fingerprint density at radius 2 is 1.19 bits per heavy atom. The maximum Gasteiger partial charge on any atom is 0.149 e. The zero-order valence-corrected chi connectivity index (χ0v) is 18.4. The SMILES string of the molecule is c1ccc2c(c1)C1c3ccccc3C2(C2(C3CCCCC3)N=NCS2)c2ccccc21. The number of azo groups is 1. The smallest absolute Gasteiger partial charge is 0.149 e. The van der Waals surface area contributed by atoms with Crippen LogP contribution in [0.3, 0.4) is 0 Å². The second-order valence-electron chi connectivity index (χ2n) is 9.49. The monoisotopic (exact) mass is 422 g/mol. The zero-order chi connectivity index (χ0) is 20.5. The first kappa shape index (κ1) is 18.2. The van der Waals surface area contributed by atoms with Crippen molar-refractivity contribution < 1.29 is 0 Å². The van der Waals surface area contributed by atoms with Crippen molar-refractivity contribution in [2.24, 2.45) is 16.1 Å². The Morgan fingerprint density at radius 3 is 1.68 bits per heavy atom. The molecule has 1 saturated carbocycles. The lowest BCUT2D eigenvalue weighted by atomic mass is 9.48. The molecule has 1 unspecified atom stereocenters. The summed E-state index contributed by atoms with van der Waals surface area (Å²) in [5.74, 6) is 1.63. The van der Waals surface area contributed by atoms with Crippen LogP contribution in [0.25, 0.3) is 0 Å². The van der Waals surface area contributed by atoms with Gasteiger partial charge in [-0.2, -0.15) is 10.2 Å². The van der Waals surface area contributed by atoms with Gasteiger partial charge in [0.15, 0.2) is 0 Å². The Hall–Kier alpha value is -2.39. The van der Waals surface area contributed by atoms with Crippen LogP contribution < -0.4 is 0 Å². The van der Waals surface area contributed by atoms with Crippen molar-refractivity contribution in [3.05, 3.63) is 106 Å². The molecule has 0 amide bonds. The molecular formula is C28H26N2S. The lowest BCUT2D eigenvalue weighted by Crippen LogP contribution is -2.58. The first-order valence-electron chi connectivity index (χ1n) is 11.7. The van der Waals surface area contributed by atoms with Crippen molar-refractivity contribution >= 4 is 11.8 Å². The summed E-state index contributed by atoms with van der Waals surface area (Å²) in [5, 5.41) is 9.97. The number of thioether (sulfide) groups is 1. The van der Waals surface area contributed by atoms with Crippen LogP contribution in [-0.2, 0) is 5.41 Å². The Balaban J connectivity index is 1.65. The van der Waals surface area contributed by atoms with Crippen LogP contribution in [0.15, 0.2) is 83.0 Å². The van der Waals surface area contributed by atoms with Crippen molar-refractivity contribution in [3.8, 4) is 0 Å². The second-order valence-corrected chi connectivity index (χ2v) is 10.7. The first-order valence-corrected chi connectivity index (χ1v) is 12.7. The van der Waals surface area contributed by atoms with Crippen LogP contribution in [0.5, 0.6) is 0 Å². The first-order chi connectivity index (χ1) is 15.4. The van der Waals surface area contributed by atoms with E-state index in [1.54, 1.807) is 0 Å². The summed E-state index contributed by atoms with van der Waals surface area (Å²) in [6.45, 7) is 0. The van der Waals surface area contributed by atoms with Gasteiger partial charge in [-0.15, -0.1) is 11.8 Å². The van der Waals surface area contributed by atoms with Crippen molar-refractivity contribution in [2.45, 2.75) is 48.3 Å². The van der Waals surface area contributed by atoms with Crippen LogP contribution in [0.4, 0.5) is 0 Å². The molecule has 0 saturated heterocycles. The highest BCUT2D eigenvalue weighted by Gasteiger charge is 2.66. The van der Waals surface area contributed by atoms with Crippen LogP contribution >= 0.6 is 11.8 Å². The average Bonchev–Trinajstić information content (AvgIpc) is 3.36. The van der Waals surface area contributed by atoms with E-state index in [0.717, 1.165) is 5.88 Å². The molecule has 8 rings (SSSR count). The highest BCUT2D eigenvalue weighted by molar-refractivity contribution is 8.00. The summed E-state index contributed by atoms with van der Waals surface area (Å²) in [6.07, 6.45) is 6.49. The van der Waals surface area contributed by atoms with E-state index in [1.165, 1.54) is 65.5 Å². The standard InChI is InChI=1S/C28H26N2S/c1-2-10-19(11-3-1)28(30-29-18-31-28)27-23-15-7-4-12-20(23)26(21-13-5-8-16-24(21)27)22-14-6-9-17-25(22)27/h4-9,12-17,19,26H,1-3,10-11,18H2. The van der Waals surface area contributed by atoms with Crippen LogP contribution in [0.1, 0.15) is 71.4 Å². The fraction of sp³-hybridized carbons (Fsp3) is 0.357. The minimum Gasteiger partial charge on any atom is -0.182 e. The van der Waals surface area contributed by atoms with Crippen LogP contribution in [0.2, 0.25) is 0 Å². The summed E-state index contributed by atoms with van der Waals surface area (Å²) in [5.41, 5.74) is 8.54. The lowest BCUT2D eigenvalue weighted by Gasteiger charge is -2.58. The third-order valence-corrected chi connectivity index (χ3v) is 9.69. The molecule has 1 heterocycles. The molecule has 3 aromatic carbocycles. The third-order valence-electron chi connectivity index (χ3n) is 8.28. The highest BCUT2D eigenvalue weighted by atomic mass is 32.2. The summed E-state index contributed by atoms with van der Waals surface area (Å²) < 4.78 is 0. The van der Waals surface area contributed by atoms with Crippen molar-refractivity contribution in [1.29, 1.82) is 0 Å². The third kappa shape index (κ3) is 2.11. The molecule has 5 aliphatic rings. The maximum absolute atomic E-state index is 5.27. The van der Waals surface area contributed by atoms with Gasteiger partial charge in [-0.05, 0) is 52.1 Å². The van der Waals surface area contributed by atoms with E-state index in [1.807, 2.05) is 11.8 Å². The van der Waals surface area contributed by atoms with Gasteiger partial charge in [-0.25, -0.2) is 0 Å². The molecule has 0 spiro atoms. The molecule has 3 heteroatoms. The van der Waals surface area contributed by atoms with Gasteiger partial charge >= 0.3 is 0 Å². The van der Waals surface area contributed by atoms with Gasteiger partial charge in [0.1, 0.15) is 10.7 Å². The summed E-state index contributed by atoms with van der Waals surface area (Å²) in [7, 11) is 0. The van der Waals surface area contributed by atoms with Crippen molar-refractivity contribution in [2.75, 3.05) is 5.88 Å². The largest absolute Gasteiger partial charge is 0.182 e. The number of nitrogens with zero attached hydrogens (tertiary/aromatic N) is 2. The Morgan fingerprint density at radius 1 is 0.677 bits per heavy atom. The topological polar surface area (TPSA) is 24.7 Å². The molecule has 0 N–H and O–H groups in total. The van der Waals surface area contributed by atoms with Gasteiger partial charge in [0.2, 0.25) is 0 Å². The van der Waals surface area contributed by atoms with Crippen LogP contribution in [-0.4, -0.2) is 10.7 Å². The van der Waals surface area contributed by atoms with Gasteiger partial charge in [0.05, 0.1) is 5.41 Å². The Bertz CT molecular complexity index is 1090. The van der Waals surface area contributed by atoms with Crippen molar-refractivity contribution in [1.82, 2.24) is 0 Å². The van der Waals surface area contributed by atoms with E-state index in [0.29, 0.717) is 11.8 Å². The van der Waals surface area contributed by atoms with Gasteiger partial charge in [-0.3, -0.25) is 0 Å². The Kier molecular flexibility index (Phi) is 3.85. The molecule has 2 bridgehead atoms. The second kappa shape index (κ2) is 6.56. The molecule has 31 heavy (non-hydrogen) atoms. The fourth-order valence-electron chi connectivity index (χ4n) is 7.26. The summed E-state index contributed by atoms with van der Waals surface area (Å²) in [6, 6.07) is 27.6. The zero-order valence-electron chi connectivity index (χ0n) is 17.6. The van der Waals surface area contributed by atoms with Gasteiger partial charge < -0.3 is 0 Å². The van der Waals surface area contributed by atoms with Crippen LogP contribution in [0, 0.1) is 5.92 Å². The minimum absolute atomic E-state index is 0.277. The molecule has 0 radical (unpaired) electrons. The molecule has 1 fully saturated rings. The van der Waals surface area contributed by atoms with E-state index in [2.05, 4.69) is 72.8 Å². The predicted molar refractivity (Wildman–Crippen MR) is 127 cm³/mol. The molecule has 4 aliphatic carbocycles. The maximum atomic E-state index is 5.27. The number of benzene rings is 3. The fourth-order valence-corrected chi connectivity index (χ4v) is 8.71. The van der Waals surface area contributed by atoms with E-state index < -0.39 is 0 Å². The lowest BCUT2D eigenvalue weighted by molar-refractivity contribution is 0.221.